The lowest BCUT2D eigenvalue weighted by molar-refractivity contribution is 0.0690. The molecular formula is C12H16N4O3. The lowest BCUT2D eigenvalue weighted by Gasteiger charge is -2.33. The van der Waals surface area contributed by atoms with Gasteiger partial charge in [-0.3, -0.25) is 0 Å². The molecule has 4 N–H and O–H groups in total. The Balaban J connectivity index is 1.99. The number of nitrogens with two attached hydrogens (primary N) is 1. The second-order valence-corrected chi connectivity index (χ2v) is 4.47. The third-order valence-corrected chi connectivity index (χ3v) is 3.17. The molecule has 2 rings (SSSR count). The lowest BCUT2D eigenvalue weighted by Crippen LogP contribution is -2.46. The quantitative estimate of drug-likeness (QED) is 0.733. The summed E-state index contributed by atoms with van der Waals surface area (Å²) in [6.07, 6.45) is 3.06. The molecule has 0 aromatic carbocycles. The van der Waals surface area contributed by atoms with Gasteiger partial charge in [-0.15, -0.1) is 0 Å². The van der Waals surface area contributed by atoms with E-state index in [9.17, 15) is 9.59 Å². The summed E-state index contributed by atoms with van der Waals surface area (Å²) in [6, 6.07) is 2.93. The molecule has 1 aromatic heterocycles. The molecule has 102 valence electrons. The van der Waals surface area contributed by atoms with E-state index in [1.54, 1.807) is 12.1 Å². The number of urea groups is 1. The number of anilines is 1. The van der Waals surface area contributed by atoms with Gasteiger partial charge in [0.05, 0.1) is 0 Å². The second kappa shape index (κ2) is 5.55. The van der Waals surface area contributed by atoms with Crippen LogP contribution in [0, 0.1) is 0 Å². The minimum atomic E-state index is -1.04. The van der Waals surface area contributed by atoms with Crippen molar-refractivity contribution in [2.24, 2.45) is 5.73 Å². The Morgan fingerprint density at radius 2 is 2.11 bits per heavy atom. The Morgan fingerprint density at radius 3 is 2.68 bits per heavy atom. The van der Waals surface area contributed by atoms with Crippen LogP contribution in [0.4, 0.5) is 10.5 Å². The average molecular weight is 264 g/mol. The summed E-state index contributed by atoms with van der Waals surface area (Å²) in [7, 11) is 0. The molecule has 1 aliphatic heterocycles. The average Bonchev–Trinajstić information content (AvgIpc) is 2.39. The number of pyridine rings is 1. The number of carbonyl (C=O) groups is 2. The van der Waals surface area contributed by atoms with Crippen LogP contribution in [-0.4, -0.2) is 41.2 Å². The fraction of sp³-hybridized carbons (Fsp3) is 0.417. The van der Waals surface area contributed by atoms with Crippen molar-refractivity contribution in [3.05, 3.63) is 24.0 Å². The molecule has 1 aliphatic rings. The third kappa shape index (κ3) is 3.34. The Bertz CT molecular complexity index is 484. The molecule has 7 heteroatoms. The number of aromatic carboxylic acids is 1. The zero-order valence-corrected chi connectivity index (χ0v) is 10.4. The number of aromatic nitrogens is 1. The van der Waals surface area contributed by atoms with Crippen molar-refractivity contribution >= 4 is 17.7 Å². The van der Waals surface area contributed by atoms with E-state index >= 15 is 0 Å². The predicted octanol–water partition coefficient (Wildman–Crippen LogP) is 0.417. The molecule has 19 heavy (non-hydrogen) atoms. The van der Waals surface area contributed by atoms with E-state index in [0.717, 1.165) is 31.6 Å². The largest absolute Gasteiger partial charge is 0.477 e. The summed E-state index contributed by atoms with van der Waals surface area (Å²) in [5.74, 6) is -1.04. The molecule has 0 aliphatic carbocycles. The number of hydrogen-bond acceptors (Lipinski definition) is 4. The number of piperidine rings is 1. The zero-order chi connectivity index (χ0) is 13.8. The van der Waals surface area contributed by atoms with Crippen LogP contribution in [0.5, 0.6) is 0 Å². The smallest absolute Gasteiger partial charge is 0.354 e. The van der Waals surface area contributed by atoms with Gasteiger partial charge in [-0.2, -0.15) is 0 Å². The first-order chi connectivity index (χ1) is 9.06. The number of primary amides is 1. The van der Waals surface area contributed by atoms with Gasteiger partial charge in [-0.05, 0) is 25.0 Å². The van der Waals surface area contributed by atoms with Crippen LogP contribution in [0.1, 0.15) is 23.3 Å². The van der Waals surface area contributed by atoms with E-state index in [1.165, 1.54) is 6.20 Å². The molecule has 0 spiro atoms. The van der Waals surface area contributed by atoms with Gasteiger partial charge < -0.3 is 21.1 Å². The van der Waals surface area contributed by atoms with E-state index in [0.29, 0.717) is 0 Å². The maximum Gasteiger partial charge on any atom is 0.354 e. The number of nitrogens with zero attached hydrogens (tertiary/aromatic N) is 2. The Hall–Kier alpha value is -2.31. The van der Waals surface area contributed by atoms with Gasteiger partial charge in [0.1, 0.15) is 5.69 Å². The van der Waals surface area contributed by atoms with E-state index in [-0.39, 0.29) is 11.7 Å². The molecule has 0 unspecified atom stereocenters. The maximum absolute atomic E-state index is 10.9. The molecule has 0 bridgehead atoms. The lowest BCUT2D eigenvalue weighted by atomic mass is 10.0. The van der Waals surface area contributed by atoms with Gasteiger partial charge in [0.2, 0.25) is 0 Å². The number of nitrogens with one attached hydrogen (secondary N) is 1. The summed E-state index contributed by atoms with van der Waals surface area (Å²) >= 11 is 0. The van der Waals surface area contributed by atoms with Crippen LogP contribution in [0.25, 0.3) is 0 Å². The Kier molecular flexibility index (Phi) is 3.84. The van der Waals surface area contributed by atoms with Crippen LogP contribution in [-0.2, 0) is 0 Å². The summed E-state index contributed by atoms with van der Waals surface area (Å²) in [5.41, 5.74) is 5.96. The molecule has 7 nitrogen and oxygen atoms in total. The second-order valence-electron chi connectivity index (χ2n) is 4.47. The minimum Gasteiger partial charge on any atom is -0.477 e. The predicted molar refractivity (Wildman–Crippen MR) is 69.2 cm³/mol. The third-order valence-electron chi connectivity index (χ3n) is 3.17. The van der Waals surface area contributed by atoms with Crippen LogP contribution >= 0.6 is 0 Å². The topological polar surface area (TPSA) is 109 Å². The number of rotatable bonds is 3. The van der Waals surface area contributed by atoms with E-state index in [4.69, 9.17) is 10.8 Å². The van der Waals surface area contributed by atoms with Crippen molar-refractivity contribution in [2.75, 3.05) is 18.0 Å². The van der Waals surface area contributed by atoms with Crippen molar-refractivity contribution in [3.63, 3.8) is 0 Å². The van der Waals surface area contributed by atoms with Gasteiger partial charge >= 0.3 is 12.0 Å². The highest BCUT2D eigenvalue weighted by molar-refractivity contribution is 5.86. The van der Waals surface area contributed by atoms with Gasteiger partial charge in [0.15, 0.2) is 0 Å². The van der Waals surface area contributed by atoms with Crippen molar-refractivity contribution in [3.8, 4) is 0 Å². The summed E-state index contributed by atoms with van der Waals surface area (Å²) in [6.45, 7) is 1.49. The fourth-order valence-corrected chi connectivity index (χ4v) is 2.22. The molecule has 2 amide bonds. The van der Waals surface area contributed by atoms with Crippen LogP contribution in [0.15, 0.2) is 18.3 Å². The first kappa shape index (κ1) is 13.1. The van der Waals surface area contributed by atoms with Crippen LogP contribution in [0.2, 0.25) is 0 Å². The van der Waals surface area contributed by atoms with Crippen LogP contribution in [0.3, 0.4) is 0 Å². The monoisotopic (exact) mass is 264 g/mol. The van der Waals surface area contributed by atoms with Gasteiger partial charge in [0, 0.05) is 31.0 Å². The maximum atomic E-state index is 10.9. The molecule has 0 radical (unpaired) electrons. The molecule has 1 saturated heterocycles. The molecule has 0 saturated carbocycles. The van der Waals surface area contributed by atoms with Crippen molar-refractivity contribution < 1.29 is 14.7 Å². The highest BCUT2D eigenvalue weighted by atomic mass is 16.4. The highest BCUT2D eigenvalue weighted by Crippen LogP contribution is 2.20. The van der Waals surface area contributed by atoms with E-state index < -0.39 is 12.0 Å². The minimum absolute atomic E-state index is 0.0369. The van der Waals surface area contributed by atoms with Crippen molar-refractivity contribution in [2.45, 2.75) is 18.9 Å². The fourth-order valence-electron chi connectivity index (χ4n) is 2.22. The molecule has 1 aromatic rings. The van der Waals surface area contributed by atoms with Gasteiger partial charge in [0.25, 0.3) is 0 Å². The molecular weight excluding hydrogens is 248 g/mol. The summed E-state index contributed by atoms with van der Waals surface area (Å²) in [4.78, 5) is 27.5. The number of carbonyl (C=O) groups excluding carboxylic acids is 1. The van der Waals surface area contributed by atoms with E-state index in [2.05, 4.69) is 15.2 Å². The number of hydrogen-bond donors (Lipinski definition) is 3. The number of carboxylic acid groups (broad SMARTS) is 1. The molecule has 1 fully saturated rings. The highest BCUT2D eigenvalue weighted by Gasteiger charge is 2.20. The molecule has 2 heterocycles. The Labute approximate surface area is 110 Å². The SMILES string of the molecule is NC(=O)NC1CCN(c2ccnc(C(=O)O)c2)CC1. The number of carboxylic acids is 1. The standard InChI is InChI=1S/C12H16N4O3/c13-12(19)15-8-2-5-16(6-3-8)9-1-4-14-10(7-9)11(17)18/h1,4,7-8H,2-3,5-6H2,(H,17,18)(H3,13,15,19). The van der Waals surface area contributed by atoms with Crippen molar-refractivity contribution in [1.29, 1.82) is 0 Å². The van der Waals surface area contributed by atoms with Gasteiger partial charge in [-0.25, -0.2) is 14.6 Å². The van der Waals surface area contributed by atoms with Crippen LogP contribution < -0.4 is 16.0 Å². The van der Waals surface area contributed by atoms with Gasteiger partial charge in [-0.1, -0.05) is 0 Å². The number of amides is 2. The zero-order valence-electron chi connectivity index (χ0n) is 10.4. The van der Waals surface area contributed by atoms with Crippen molar-refractivity contribution in [1.82, 2.24) is 10.3 Å². The first-order valence-electron chi connectivity index (χ1n) is 6.06. The first-order valence-corrected chi connectivity index (χ1v) is 6.06. The normalized spacial score (nSPS) is 16.1. The summed E-state index contributed by atoms with van der Waals surface area (Å²) < 4.78 is 0. The Morgan fingerprint density at radius 1 is 1.42 bits per heavy atom. The van der Waals surface area contributed by atoms with E-state index in [1.807, 2.05) is 0 Å². The molecule has 0 atom stereocenters. The summed E-state index contributed by atoms with van der Waals surface area (Å²) in [5, 5.41) is 11.6.